The summed E-state index contributed by atoms with van der Waals surface area (Å²) in [6.07, 6.45) is 1.21. The van der Waals surface area contributed by atoms with Crippen molar-refractivity contribution >= 4 is 18.3 Å². The van der Waals surface area contributed by atoms with Crippen LogP contribution < -0.4 is 10.1 Å². The third-order valence-electron chi connectivity index (χ3n) is 5.88. The molecule has 2 aromatic rings. The van der Waals surface area contributed by atoms with Gasteiger partial charge in [-0.1, -0.05) is 30.3 Å². The fourth-order valence-electron chi connectivity index (χ4n) is 4.31. The van der Waals surface area contributed by atoms with Crippen molar-refractivity contribution in [3.63, 3.8) is 0 Å². The molecule has 0 radical (unpaired) electrons. The Morgan fingerprint density at radius 1 is 1.12 bits per heavy atom. The van der Waals surface area contributed by atoms with Gasteiger partial charge in [-0.15, -0.1) is 0 Å². The van der Waals surface area contributed by atoms with Gasteiger partial charge in [0, 0.05) is 17.5 Å². The monoisotopic (exact) mass is 470 g/mol. The number of hydrogen-bond donors (Lipinski definition) is 1. The van der Waals surface area contributed by atoms with Crippen molar-refractivity contribution in [1.82, 2.24) is 5.32 Å². The van der Waals surface area contributed by atoms with Crippen LogP contribution in [0.2, 0.25) is 0 Å². The molecular weight excluding hydrogens is 440 g/mol. The zero-order valence-corrected chi connectivity index (χ0v) is 19.6. The molecule has 34 heavy (non-hydrogen) atoms. The molecule has 0 heterocycles. The van der Waals surface area contributed by atoms with Gasteiger partial charge in [0.25, 0.3) is 5.69 Å². The maximum Gasteiger partial charge on any atom is 0.514 e. The molecule has 0 bridgehead atoms. The minimum atomic E-state index is -0.862. The van der Waals surface area contributed by atoms with Gasteiger partial charge in [0.15, 0.2) is 0 Å². The number of nitrogens with zero attached hydrogens (tertiary/aromatic N) is 1. The summed E-state index contributed by atoms with van der Waals surface area (Å²) in [7, 11) is 0. The van der Waals surface area contributed by atoms with Gasteiger partial charge < -0.3 is 19.5 Å². The molecule has 1 amide bonds. The molecule has 1 N–H and O–H groups in total. The number of benzene rings is 2. The summed E-state index contributed by atoms with van der Waals surface area (Å²) in [5.41, 5.74) is -0.0196. The van der Waals surface area contributed by atoms with E-state index in [2.05, 4.69) is 5.32 Å². The number of ether oxygens (including phenoxy) is 3. The van der Waals surface area contributed by atoms with E-state index < -0.39 is 28.3 Å². The predicted octanol–water partition coefficient (Wildman–Crippen LogP) is 4.88. The van der Waals surface area contributed by atoms with E-state index in [1.165, 1.54) is 24.3 Å². The van der Waals surface area contributed by atoms with Gasteiger partial charge in [0.1, 0.15) is 18.1 Å². The third-order valence-corrected chi connectivity index (χ3v) is 5.88. The van der Waals surface area contributed by atoms with E-state index in [0.717, 1.165) is 5.56 Å². The lowest BCUT2D eigenvalue weighted by Gasteiger charge is -2.46. The number of hydrogen-bond acceptors (Lipinski definition) is 7. The SMILES string of the molecule is CC(C)(C)OC(NC=O)C1(c2ccccc2)CCC(OC(=O)Oc2ccc([N+](=O)[O-])cc2)CC1. The van der Waals surface area contributed by atoms with Crippen LogP contribution in [-0.2, 0) is 19.7 Å². The highest BCUT2D eigenvalue weighted by Crippen LogP contribution is 2.44. The summed E-state index contributed by atoms with van der Waals surface area (Å²) in [4.78, 5) is 34.0. The molecule has 3 rings (SSSR count). The van der Waals surface area contributed by atoms with Crippen LogP contribution in [-0.4, -0.2) is 35.4 Å². The van der Waals surface area contributed by atoms with Crippen molar-refractivity contribution in [2.24, 2.45) is 0 Å². The van der Waals surface area contributed by atoms with Gasteiger partial charge in [0.2, 0.25) is 6.41 Å². The Labute approximate surface area is 198 Å². The average molecular weight is 471 g/mol. The van der Waals surface area contributed by atoms with Gasteiger partial charge >= 0.3 is 6.16 Å². The number of nitro benzene ring substituents is 1. The topological polar surface area (TPSA) is 117 Å². The second-order valence-electron chi connectivity index (χ2n) is 9.34. The number of nitrogens with one attached hydrogen (secondary N) is 1. The van der Waals surface area contributed by atoms with Crippen LogP contribution in [0.1, 0.15) is 52.0 Å². The van der Waals surface area contributed by atoms with Gasteiger partial charge in [-0.2, -0.15) is 0 Å². The molecule has 1 fully saturated rings. The van der Waals surface area contributed by atoms with Gasteiger partial charge in [0.05, 0.1) is 10.5 Å². The number of nitro groups is 1. The fraction of sp³-hybridized carbons (Fsp3) is 0.440. The largest absolute Gasteiger partial charge is 0.514 e. The molecule has 9 nitrogen and oxygen atoms in total. The highest BCUT2D eigenvalue weighted by atomic mass is 16.7. The highest BCUT2D eigenvalue weighted by Gasteiger charge is 2.46. The minimum Gasteiger partial charge on any atom is -0.431 e. The standard InChI is InChI=1S/C25H30N2O7/c1-24(2,3)34-22(26-17-28)25(18-7-5-4-6-8-18)15-13-21(14-16-25)33-23(29)32-20-11-9-19(10-12-20)27(30)31/h4-12,17,21-22H,13-16H2,1-3H3,(H,26,28). The summed E-state index contributed by atoms with van der Waals surface area (Å²) in [5.74, 6) is 0.166. The Balaban J connectivity index is 1.70. The van der Waals surface area contributed by atoms with E-state index in [-0.39, 0.29) is 17.5 Å². The molecule has 1 atom stereocenters. The van der Waals surface area contributed by atoms with Crippen molar-refractivity contribution in [1.29, 1.82) is 0 Å². The van der Waals surface area contributed by atoms with Gasteiger partial charge in [-0.25, -0.2) is 4.79 Å². The van der Waals surface area contributed by atoms with Crippen LogP contribution in [0.4, 0.5) is 10.5 Å². The summed E-state index contributed by atoms with van der Waals surface area (Å²) in [6.45, 7) is 5.82. The first-order chi connectivity index (χ1) is 16.1. The molecule has 0 aliphatic heterocycles. The molecule has 0 aromatic heterocycles. The Morgan fingerprint density at radius 3 is 2.26 bits per heavy atom. The summed E-state index contributed by atoms with van der Waals surface area (Å²) in [5, 5.41) is 13.6. The molecule has 182 valence electrons. The van der Waals surface area contributed by atoms with E-state index in [1.807, 2.05) is 51.1 Å². The molecule has 0 saturated heterocycles. The molecule has 9 heteroatoms. The predicted molar refractivity (Wildman–Crippen MR) is 124 cm³/mol. The maximum atomic E-state index is 12.3. The van der Waals surface area contributed by atoms with Gasteiger partial charge in [-0.3, -0.25) is 14.9 Å². The van der Waals surface area contributed by atoms with Gasteiger partial charge in [-0.05, 0) is 64.2 Å². The fourth-order valence-corrected chi connectivity index (χ4v) is 4.31. The van der Waals surface area contributed by atoms with Crippen molar-refractivity contribution in [2.45, 2.75) is 69.8 Å². The zero-order valence-electron chi connectivity index (χ0n) is 19.6. The summed E-state index contributed by atoms with van der Waals surface area (Å²) >= 11 is 0. The van der Waals surface area contributed by atoms with Crippen LogP contribution in [0.3, 0.4) is 0 Å². The number of carbonyl (C=O) groups is 2. The normalized spacial score (nSPS) is 21.2. The van der Waals surface area contributed by atoms with Crippen LogP contribution in [0.15, 0.2) is 54.6 Å². The molecule has 1 unspecified atom stereocenters. The van der Waals surface area contributed by atoms with Crippen molar-refractivity contribution in [3.05, 3.63) is 70.3 Å². The second kappa shape index (κ2) is 10.6. The molecule has 1 saturated carbocycles. The van der Waals surface area contributed by atoms with E-state index >= 15 is 0 Å². The number of rotatable bonds is 8. The average Bonchev–Trinajstić information content (AvgIpc) is 2.79. The molecule has 0 spiro atoms. The lowest BCUT2D eigenvalue weighted by Crippen LogP contribution is -2.54. The first kappa shape index (κ1) is 25.2. The van der Waals surface area contributed by atoms with Crippen LogP contribution in [0, 0.1) is 10.1 Å². The Bertz CT molecular complexity index is 979. The maximum absolute atomic E-state index is 12.3. The number of carbonyl (C=O) groups excluding carboxylic acids is 2. The Hall–Kier alpha value is -3.46. The first-order valence-corrected chi connectivity index (χ1v) is 11.2. The number of non-ortho nitro benzene ring substituents is 1. The van der Waals surface area contributed by atoms with E-state index in [9.17, 15) is 19.7 Å². The van der Waals surface area contributed by atoms with Crippen LogP contribution >= 0.6 is 0 Å². The van der Waals surface area contributed by atoms with E-state index in [1.54, 1.807) is 0 Å². The van der Waals surface area contributed by atoms with Crippen LogP contribution in [0.5, 0.6) is 5.75 Å². The molecular formula is C25H30N2O7. The van der Waals surface area contributed by atoms with Crippen molar-refractivity contribution in [2.75, 3.05) is 0 Å². The minimum absolute atomic E-state index is 0.0961. The molecule has 2 aromatic carbocycles. The van der Waals surface area contributed by atoms with Crippen LogP contribution in [0.25, 0.3) is 0 Å². The Morgan fingerprint density at radius 2 is 1.74 bits per heavy atom. The lowest BCUT2D eigenvalue weighted by atomic mass is 9.67. The first-order valence-electron chi connectivity index (χ1n) is 11.2. The Kier molecular flexibility index (Phi) is 7.88. The summed E-state index contributed by atoms with van der Waals surface area (Å²) < 4.78 is 17.0. The van der Waals surface area contributed by atoms with E-state index in [0.29, 0.717) is 32.1 Å². The second-order valence-corrected chi connectivity index (χ2v) is 9.34. The quantitative estimate of drug-likeness (QED) is 0.146. The van der Waals surface area contributed by atoms with E-state index in [4.69, 9.17) is 14.2 Å². The third kappa shape index (κ3) is 6.32. The lowest BCUT2D eigenvalue weighted by molar-refractivity contribution is -0.384. The van der Waals surface area contributed by atoms with Crippen molar-refractivity contribution < 1.29 is 28.7 Å². The van der Waals surface area contributed by atoms with Crippen molar-refractivity contribution in [3.8, 4) is 5.75 Å². The number of amides is 1. The molecule has 1 aliphatic rings. The highest BCUT2D eigenvalue weighted by molar-refractivity contribution is 5.64. The molecule has 1 aliphatic carbocycles. The smallest absolute Gasteiger partial charge is 0.431 e. The summed E-state index contributed by atoms with van der Waals surface area (Å²) in [6, 6.07) is 15.1. The zero-order chi connectivity index (χ0) is 24.8.